The van der Waals surface area contributed by atoms with E-state index in [2.05, 4.69) is 76.2 Å². The van der Waals surface area contributed by atoms with Crippen molar-refractivity contribution in [2.24, 2.45) is 0 Å². The van der Waals surface area contributed by atoms with Crippen LogP contribution in [0.5, 0.6) is 5.75 Å². The number of rotatable bonds is 7. The Hall–Kier alpha value is -4.17. The molecule has 1 aliphatic heterocycles. The van der Waals surface area contributed by atoms with Gasteiger partial charge in [-0.05, 0) is 86.6 Å². The smallest absolute Gasteiger partial charge is 0.224 e. The first-order chi connectivity index (χ1) is 18.8. The van der Waals surface area contributed by atoms with E-state index in [1.165, 1.54) is 5.56 Å². The molecule has 0 saturated carbocycles. The molecule has 4 aromatic rings. The number of hydrogen-bond donors (Lipinski definition) is 2. The van der Waals surface area contributed by atoms with Crippen molar-refractivity contribution in [1.82, 2.24) is 14.9 Å². The van der Waals surface area contributed by atoms with Gasteiger partial charge in [0, 0.05) is 41.4 Å². The minimum absolute atomic E-state index is 0.0731. The van der Waals surface area contributed by atoms with Crippen molar-refractivity contribution < 1.29 is 9.53 Å². The van der Waals surface area contributed by atoms with Crippen LogP contribution >= 0.6 is 12.2 Å². The molecule has 2 N–H and O–H groups in total. The van der Waals surface area contributed by atoms with Gasteiger partial charge in [0.05, 0.1) is 30.6 Å². The van der Waals surface area contributed by atoms with E-state index in [0.717, 1.165) is 34.0 Å². The minimum Gasteiger partial charge on any atom is -0.494 e. The molecule has 200 valence electrons. The minimum atomic E-state index is -0.171. The molecule has 1 fully saturated rings. The zero-order valence-electron chi connectivity index (χ0n) is 22.9. The second kappa shape index (κ2) is 10.9. The first-order valence-corrected chi connectivity index (χ1v) is 13.5. The molecule has 8 heteroatoms. The standard InChI is InChI=1S/C31H33N5O2S/c1-6-28(37)33-25-14-13-23(18-27(25)38-5)36-30(29(34-31(36)39)26-12-7-8-15-32-26)24-17-20(3)35(21(24)4)22-11-9-10-19(2)16-22/h7-18,29-30H,6H2,1-5H3,(H,33,37)(H,34,39). The number of nitrogens with zero attached hydrogens (tertiary/aromatic N) is 3. The lowest BCUT2D eigenvalue weighted by molar-refractivity contribution is -0.115. The molecular formula is C31H33N5O2S. The van der Waals surface area contributed by atoms with Gasteiger partial charge in [0.25, 0.3) is 0 Å². The van der Waals surface area contributed by atoms with E-state index in [4.69, 9.17) is 17.0 Å². The molecule has 2 atom stereocenters. The number of hydrogen-bond acceptors (Lipinski definition) is 4. The Bertz CT molecular complexity index is 1530. The third kappa shape index (κ3) is 5.00. The van der Waals surface area contributed by atoms with Gasteiger partial charge in [-0.1, -0.05) is 25.1 Å². The van der Waals surface area contributed by atoms with Crippen LogP contribution in [-0.2, 0) is 4.79 Å². The summed E-state index contributed by atoms with van der Waals surface area (Å²) in [5, 5.41) is 7.06. The van der Waals surface area contributed by atoms with Crippen LogP contribution in [0.1, 0.15) is 53.6 Å². The molecule has 1 aliphatic rings. The number of carbonyl (C=O) groups is 1. The molecule has 0 spiro atoms. The van der Waals surface area contributed by atoms with Crippen LogP contribution in [0.3, 0.4) is 0 Å². The van der Waals surface area contributed by atoms with E-state index in [-0.39, 0.29) is 18.0 Å². The third-order valence-corrected chi connectivity index (χ3v) is 7.52. The van der Waals surface area contributed by atoms with Crippen LogP contribution in [0.4, 0.5) is 11.4 Å². The monoisotopic (exact) mass is 539 g/mol. The van der Waals surface area contributed by atoms with Gasteiger partial charge < -0.3 is 24.8 Å². The Morgan fingerprint density at radius 3 is 2.56 bits per heavy atom. The molecule has 0 bridgehead atoms. The Morgan fingerprint density at radius 1 is 1.05 bits per heavy atom. The fraction of sp³-hybridized carbons (Fsp3) is 0.258. The fourth-order valence-electron chi connectivity index (χ4n) is 5.37. The molecule has 1 amide bonds. The largest absolute Gasteiger partial charge is 0.494 e. The van der Waals surface area contributed by atoms with Gasteiger partial charge in [0.1, 0.15) is 5.75 Å². The highest BCUT2D eigenvalue weighted by molar-refractivity contribution is 7.80. The lowest BCUT2D eigenvalue weighted by atomic mass is 9.96. The summed E-state index contributed by atoms with van der Waals surface area (Å²) >= 11 is 5.94. The van der Waals surface area contributed by atoms with Crippen LogP contribution in [-0.4, -0.2) is 27.7 Å². The highest BCUT2D eigenvalue weighted by Crippen LogP contribution is 2.45. The third-order valence-electron chi connectivity index (χ3n) is 7.21. The number of methoxy groups -OCH3 is 1. The predicted octanol–water partition coefficient (Wildman–Crippen LogP) is 6.33. The summed E-state index contributed by atoms with van der Waals surface area (Å²) in [6.07, 6.45) is 2.19. The zero-order chi connectivity index (χ0) is 27.7. The highest BCUT2D eigenvalue weighted by atomic mass is 32.1. The normalized spacial score (nSPS) is 16.7. The van der Waals surface area contributed by atoms with Crippen LogP contribution < -0.4 is 20.3 Å². The van der Waals surface area contributed by atoms with E-state index in [1.54, 1.807) is 7.11 Å². The van der Waals surface area contributed by atoms with Crippen molar-refractivity contribution in [3.05, 3.63) is 101 Å². The molecular weight excluding hydrogens is 506 g/mol. The number of amides is 1. The first kappa shape index (κ1) is 26.4. The molecule has 2 aromatic heterocycles. The summed E-state index contributed by atoms with van der Waals surface area (Å²) in [5.74, 6) is 0.499. The number of ether oxygens (including phenoxy) is 1. The topological polar surface area (TPSA) is 71.4 Å². The Morgan fingerprint density at radius 2 is 1.87 bits per heavy atom. The van der Waals surface area contributed by atoms with Gasteiger partial charge in [-0.25, -0.2) is 0 Å². The van der Waals surface area contributed by atoms with Gasteiger partial charge in [0.15, 0.2) is 5.11 Å². The van der Waals surface area contributed by atoms with Crippen LogP contribution in [0.2, 0.25) is 0 Å². The molecule has 3 heterocycles. The predicted molar refractivity (Wildman–Crippen MR) is 160 cm³/mol. The summed E-state index contributed by atoms with van der Waals surface area (Å²) in [6, 6.07) is 22.1. The van der Waals surface area contributed by atoms with Gasteiger partial charge in [0.2, 0.25) is 5.91 Å². The molecule has 0 radical (unpaired) electrons. The molecule has 1 saturated heterocycles. The van der Waals surface area contributed by atoms with Gasteiger partial charge in [-0.15, -0.1) is 0 Å². The molecule has 2 unspecified atom stereocenters. The summed E-state index contributed by atoms with van der Waals surface area (Å²) in [6.45, 7) is 8.22. The SMILES string of the molecule is CCC(=O)Nc1ccc(N2C(=S)NC(c3ccccn3)C2c2cc(C)n(-c3cccc(C)c3)c2C)cc1OC. The van der Waals surface area contributed by atoms with Crippen molar-refractivity contribution in [3.63, 3.8) is 0 Å². The number of thiocarbonyl (C=S) groups is 1. The Balaban J connectivity index is 1.65. The summed E-state index contributed by atoms with van der Waals surface area (Å²) < 4.78 is 7.97. The number of benzene rings is 2. The maximum atomic E-state index is 12.1. The number of carbonyl (C=O) groups excluding carboxylic acids is 1. The maximum absolute atomic E-state index is 12.1. The lowest BCUT2D eigenvalue weighted by Gasteiger charge is -2.29. The van der Waals surface area contributed by atoms with E-state index in [1.807, 2.05) is 49.5 Å². The molecule has 39 heavy (non-hydrogen) atoms. The summed E-state index contributed by atoms with van der Waals surface area (Å²) in [5.41, 5.74) is 8.17. The van der Waals surface area contributed by atoms with E-state index >= 15 is 0 Å². The van der Waals surface area contributed by atoms with Gasteiger partial charge in [-0.3, -0.25) is 9.78 Å². The van der Waals surface area contributed by atoms with Crippen LogP contribution in [0.25, 0.3) is 5.69 Å². The molecule has 7 nitrogen and oxygen atoms in total. The van der Waals surface area contributed by atoms with E-state index in [9.17, 15) is 4.79 Å². The van der Waals surface area contributed by atoms with E-state index in [0.29, 0.717) is 23.0 Å². The molecule has 2 aromatic carbocycles. The maximum Gasteiger partial charge on any atom is 0.224 e. The highest BCUT2D eigenvalue weighted by Gasteiger charge is 2.42. The first-order valence-electron chi connectivity index (χ1n) is 13.1. The molecule has 0 aliphatic carbocycles. The zero-order valence-corrected chi connectivity index (χ0v) is 23.7. The number of aromatic nitrogens is 2. The fourth-order valence-corrected chi connectivity index (χ4v) is 5.72. The van der Waals surface area contributed by atoms with Gasteiger partial charge >= 0.3 is 0 Å². The van der Waals surface area contributed by atoms with Crippen molar-refractivity contribution in [2.75, 3.05) is 17.3 Å². The number of anilines is 2. The summed E-state index contributed by atoms with van der Waals surface area (Å²) in [7, 11) is 1.60. The number of nitrogens with one attached hydrogen (secondary N) is 2. The number of pyridine rings is 1. The second-order valence-electron chi connectivity index (χ2n) is 9.78. The average Bonchev–Trinajstić information content (AvgIpc) is 3.43. The Kier molecular flexibility index (Phi) is 7.39. The van der Waals surface area contributed by atoms with Crippen molar-refractivity contribution >= 4 is 34.6 Å². The Labute approximate surface area is 234 Å². The second-order valence-corrected chi connectivity index (χ2v) is 10.2. The average molecular weight is 540 g/mol. The van der Waals surface area contributed by atoms with Crippen LogP contribution in [0.15, 0.2) is 72.9 Å². The van der Waals surface area contributed by atoms with Crippen molar-refractivity contribution in [3.8, 4) is 11.4 Å². The lowest BCUT2D eigenvalue weighted by Crippen LogP contribution is -2.29. The quantitative estimate of drug-likeness (QED) is 0.267. The van der Waals surface area contributed by atoms with Gasteiger partial charge in [-0.2, -0.15) is 0 Å². The van der Waals surface area contributed by atoms with Crippen molar-refractivity contribution in [1.29, 1.82) is 0 Å². The number of aryl methyl sites for hydroxylation is 2. The summed E-state index contributed by atoms with van der Waals surface area (Å²) in [4.78, 5) is 18.9. The van der Waals surface area contributed by atoms with E-state index < -0.39 is 0 Å². The van der Waals surface area contributed by atoms with Crippen molar-refractivity contribution in [2.45, 2.75) is 46.2 Å². The molecule has 5 rings (SSSR count). The van der Waals surface area contributed by atoms with Crippen LogP contribution in [0, 0.1) is 20.8 Å².